The molecule has 1 aliphatic rings. The molecule has 1 atom stereocenters. The molecule has 0 saturated carbocycles. The molecule has 0 spiro atoms. The Morgan fingerprint density at radius 1 is 0.941 bits per heavy atom. The summed E-state index contributed by atoms with van der Waals surface area (Å²) in [6, 6.07) is 20.7. The fraction of sp³-hybridized carbons (Fsp3) is 0.269. The van der Waals surface area contributed by atoms with Crippen LogP contribution in [-0.4, -0.2) is 45.9 Å². The molecule has 0 saturated heterocycles. The van der Waals surface area contributed by atoms with Gasteiger partial charge in [0, 0.05) is 13.1 Å². The second kappa shape index (κ2) is 9.61. The Bertz CT molecular complexity index is 1270. The van der Waals surface area contributed by atoms with E-state index >= 15 is 0 Å². The van der Waals surface area contributed by atoms with Gasteiger partial charge in [-0.15, -0.1) is 5.10 Å². The van der Waals surface area contributed by atoms with E-state index < -0.39 is 0 Å². The summed E-state index contributed by atoms with van der Waals surface area (Å²) >= 11 is 0. The molecule has 0 unspecified atom stereocenters. The third-order valence-electron chi connectivity index (χ3n) is 6.30. The lowest BCUT2D eigenvalue weighted by Crippen LogP contribution is -2.36. The van der Waals surface area contributed by atoms with Gasteiger partial charge in [-0.25, -0.2) is 9.07 Å². The van der Waals surface area contributed by atoms with Crippen molar-refractivity contribution in [1.82, 2.24) is 25.1 Å². The topological polar surface area (TPSA) is 65.3 Å². The number of fused-ring (bicyclic) bond motifs is 1. The molecule has 3 aromatic carbocycles. The fourth-order valence-electron chi connectivity index (χ4n) is 4.57. The van der Waals surface area contributed by atoms with E-state index in [0.717, 1.165) is 36.5 Å². The van der Waals surface area contributed by atoms with Crippen LogP contribution in [0.4, 0.5) is 4.39 Å². The Morgan fingerprint density at radius 3 is 2.47 bits per heavy atom. The van der Waals surface area contributed by atoms with Gasteiger partial charge >= 0.3 is 0 Å². The van der Waals surface area contributed by atoms with Crippen LogP contribution in [0, 0.1) is 5.82 Å². The van der Waals surface area contributed by atoms with Gasteiger partial charge in [-0.05, 0) is 63.4 Å². The maximum absolute atomic E-state index is 13.4. The number of tetrazole rings is 1. The molecule has 5 rings (SSSR count). The van der Waals surface area contributed by atoms with Gasteiger partial charge < -0.3 is 9.47 Å². The first-order valence-corrected chi connectivity index (χ1v) is 11.2. The summed E-state index contributed by atoms with van der Waals surface area (Å²) in [5, 5.41) is 12.7. The van der Waals surface area contributed by atoms with Gasteiger partial charge in [0.05, 0.1) is 26.8 Å². The van der Waals surface area contributed by atoms with Gasteiger partial charge in [-0.1, -0.05) is 42.5 Å². The number of ether oxygens (including phenoxy) is 2. The van der Waals surface area contributed by atoms with Crippen molar-refractivity contribution in [2.45, 2.75) is 25.6 Å². The first-order valence-electron chi connectivity index (χ1n) is 11.2. The van der Waals surface area contributed by atoms with E-state index in [1.807, 2.05) is 18.2 Å². The van der Waals surface area contributed by atoms with E-state index in [-0.39, 0.29) is 11.9 Å². The van der Waals surface area contributed by atoms with Crippen molar-refractivity contribution >= 4 is 0 Å². The quantitative estimate of drug-likeness (QED) is 0.416. The highest BCUT2D eigenvalue weighted by Crippen LogP contribution is 2.36. The zero-order valence-corrected chi connectivity index (χ0v) is 19.2. The summed E-state index contributed by atoms with van der Waals surface area (Å²) in [6.07, 6.45) is 0.944. The predicted octanol–water partition coefficient (Wildman–Crippen LogP) is 4.03. The van der Waals surface area contributed by atoms with Gasteiger partial charge in [0.15, 0.2) is 17.3 Å². The summed E-state index contributed by atoms with van der Waals surface area (Å²) in [7, 11) is 3.26. The lowest BCUT2D eigenvalue weighted by atomic mass is 9.95. The van der Waals surface area contributed by atoms with E-state index in [1.165, 1.54) is 23.3 Å². The number of rotatable bonds is 7. The van der Waals surface area contributed by atoms with Crippen molar-refractivity contribution in [2.24, 2.45) is 0 Å². The molecular weight excluding hydrogens is 433 g/mol. The Kier molecular flexibility index (Phi) is 6.22. The fourth-order valence-corrected chi connectivity index (χ4v) is 4.57. The van der Waals surface area contributed by atoms with Crippen LogP contribution in [0.15, 0.2) is 66.7 Å². The molecule has 0 fully saturated rings. The summed E-state index contributed by atoms with van der Waals surface area (Å²) in [4.78, 5) is 2.39. The highest BCUT2D eigenvalue weighted by Gasteiger charge is 2.31. The lowest BCUT2D eigenvalue weighted by molar-refractivity contribution is 0.194. The molecule has 0 bridgehead atoms. The molecule has 174 valence electrons. The van der Waals surface area contributed by atoms with Gasteiger partial charge in [-0.2, -0.15) is 0 Å². The standard InChI is InChI=1S/C26H26FN5O2/c1-33-23-12-9-20(15-24(23)34-2)25(31-14-13-19-5-3-4-6-21(19)17-31)26-28-29-30-32(26)16-18-7-10-22(27)11-8-18/h3-12,15,25H,13-14,16-17H2,1-2H3/t25-/m1/s1. The zero-order chi connectivity index (χ0) is 23.5. The number of aromatic nitrogens is 4. The Labute approximate surface area is 197 Å². The van der Waals surface area contributed by atoms with Gasteiger partial charge in [0.1, 0.15) is 5.82 Å². The third-order valence-corrected chi connectivity index (χ3v) is 6.30. The number of halogens is 1. The van der Waals surface area contributed by atoms with Crippen LogP contribution in [0.3, 0.4) is 0 Å². The molecule has 7 nitrogen and oxygen atoms in total. The van der Waals surface area contributed by atoms with Crippen LogP contribution in [-0.2, 0) is 19.5 Å². The van der Waals surface area contributed by atoms with Crippen LogP contribution in [0.5, 0.6) is 11.5 Å². The molecule has 0 N–H and O–H groups in total. The second-order valence-electron chi connectivity index (χ2n) is 8.33. The lowest BCUT2D eigenvalue weighted by Gasteiger charge is -2.35. The Morgan fingerprint density at radius 2 is 1.71 bits per heavy atom. The third kappa shape index (κ3) is 4.36. The Balaban J connectivity index is 1.56. The van der Waals surface area contributed by atoms with Crippen molar-refractivity contribution in [1.29, 1.82) is 0 Å². The largest absolute Gasteiger partial charge is 0.493 e. The Hall–Kier alpha value is -3.78. The predicted molar refractivity (Wildman–Crippen MR) is 125 cm³/mol. The summed E-state index contributed by atoms with van der Waals surface area (Å²) in [6.45, 7) is 2.08. The van der Waals surface area contributed by atoms with Crippen LogP contribution < -0.4 is 9.47 Å². The molecule has 0 radical (unpaired) electrons. The minimum atomic E-state index is -0.268. The van der Waals surface area contributed by atoms with E-state index in [9.17, 15) is 4.39 Å². The molecule has 0 aliphatic carbocycles. The summed E-state index contributed by atoms with van der Waals surface area (Å²) < 4.78 is 26.2. The number of methoxy groups -OCH3 is 2. The van der Waals surface area contributed by atoms with Crippen LogP contribution in [0.1, 0.15) is 34.1 Å². The van der Waals surface area contributed by atoms with Crippen molar-refractivity contribution in [3.05, 3.63) is 101 Å². The minimum absolute atomic E-state index is 0.205. The van der Waals surface area contributed by atoms with Crippen molar-refractivity contribution in [3.63, 3.8) is 0 Å². The van der Waals surface area contributed by atoms with Gasteiger partial charge in [0.2, 0.25) is 0 Å². The van der Waals surface area contributed by atoms with Crippen molar-refractivity contribution < 1.29 is 13.9 Å². The maximum atomic E-state index is 13.4. The van der Waals surface area contributed by atoms with Crippen molar-refractivity contribution in [3.8, 4) is 11.5 Å². The van der Waals surface area contributed by atoms with E-state index in [1.54, 1.807) is 31.0 Å². The number of benzene rings is 3. The monoisotopic (exact) mass is 459 g/mol. The first-order chi connectivity index (χ1) is 16.7. The average molecular weight is 460 g/mol. The van der Waals surface area contributed by atoms with Gasteiger partial charge in [0.25, 0.3) is 0 Å². The van der Waals surface area contributed by atoms with E-state index in [0.29, 0.717) is 18.0 Å². The highest BCUT2D eigenvalue weighted by molar-refractivity contribution is 5.45. The second-order valence-corrected chi connectivity index (χ2v) is 8.33. The summed E-state index contributed by atoms with van der Waals surface area (Å²) in [5.41, 5.74) is 4.60. The molecule has 1 aromatic heterocycles. The molecule has 1 aliphatic heterocycles. The summed E-state index contributed by atoms with van der Waals surface area (Å²) in [5.74, 6) is 1.77. The van der Waals surface area contributed by atoms with Crippen molar-refractivity contribution in [2.75, 3.05) is 20.8 Å². The van der Waals surface area contributed by atoms with Gasteiger partial charge in [-0.3, -0.25) is 4.90 Å². The molecule has 34 heavy (non-hydrogen) atoms. The molecule has 0 amide bonds. The minimum Gasteiger partial charge on any atom is -0.493 e. The zero-order valence-electron chi connectivity index (χ0n) is 19.2. The van der Waals surface area contributed by atoms with E-state index in [2.05, 4.69) is 44.7 Å². The number of hydrogen-bond acceptors (Lipinski definition) is 6. The molecule has 4 aromatic rings. The maximum Gasteiger partial charge on any atom is 0.173 e. The SMILES string of the molecule is COc1ccc([C@H](c2nnnn2Cc2ccc(F)cc2)N2CCc3ccccc3C2)cc1OC. The van der Waals surface area contributed by atoms with Crippen LogP contribution in [0.25, 0.3) is 0 Å². The number of hydrogen-bond donors (Lipinski definition) is 0. The van der Waals surface area contributed by atoms with E-state index in [4.69, 9.17) is 9.47 Å². The average Bonchev–Trinajstić information content (AvgIpc) is 3.32. The van der Waals surface area contributed by atoms with Crippen LogP contribution in [0.2, 0.25) is 0 Å². The van der Waals surface area contributed by atoms with Crippen LogP contribution >= 0.6 is 0 Å². The number of nitrogens with zero attached hydrogens (tertiary/aromatic N) is 5. The molecular formula is C26H26FN5O2. The smallest absolute Gasteiger partial charge is 0.173 e. The molecule has 8 heteroatoms. The molecule has 2 heterocycles. The normalized spacial score (nSPS) is 14.4. The highest BCUT2D eigenvalue weighted by atomic mass is 19.1. The first kappa shape index (κ1) is 22.0.